The fraction of sp³-hybridized carbons (Fsp3) is 0.556. The molecule has 1 saturated carbocycles. The molecule has 3 nitrogen and oxygen atoms in total. The molecule has 5 rings (SSSR count). The number of rotatable bonds is 6. The Morgan fingerprint density at radius 2 is 1.65 bits per heavy atom. The van der Waals surface area contributed by atoms with E-state index in [4.69, 9.17) is 0 Å². The molecule has 0 unspecified atom stereocenters. The minimum absolute atomic E-state index is 0.548. The van der Waals surface area contributed by atoms with Gasteiger partial charge in [-0.2, -0.15) is 0 Å². The van der Waals surface area contributed by atoms with Crippen LogP contribution in [-0.4, -0.2) is 49.9 Å². The summed E-state index contributed by atoms with van der Waals surface area (Å²) in [4.78, 5) is 6.70. The monoisotopic (exact) mass is 435 g/mol. The third kappa shape index (κ3) is 5.13. The molecular formula is C27H37N3S. The van der Waals surface area contributed by atoms with E-state index >= 15 is 0 Å². The van der Waals surface area contributed by atoms with E-state index in [0.717, 1.165) is 31.5 Å². The number of anilines is 1. The van der Waals surface area contributed by atoms with Crippen LogP contribution in [0.4, 0.5) is 5.69 Å². The number of benzene rings is 2. The average Bonchev–Trinajstić information content (AvgIpc) is 3.00. The second-order valence-electron chi connectivity index (χ2n) is 9.51. The van der Waals surface area contributed by atoms with Crippen LogP contribution in [0.15, 0.2) is 59.5 Å². The topological polar surface area (TPSA) is 18.5 Å². The summed E-state index contributed by atoms with van der Waals surface area (Å²) < 4.78 is 0. The van der Waals surface area contributed by atoms with Gasteiger partial charge in [-0.15, -0.1) is 11.8 Å². The summed E-state index contributed by atoms with van der Waals surface area (Å²) in [6, 6.07) is 20.6. The van der Waals surface area contributed by atoms with Crippen LogP contribution < -0.4 is 10.2 Å². The highest BCUT2D eigenvalue weighted by atomic mass is 32.2. The molecule has 2 fully saturated rings. The first-order valence-corrected chi connectivity index (χ1v) is 13.3. The highest BCUT2D eigenvalue weighted by Crippen LogP contribution is 2.46. The maximum atomic E-state index is 4.04. The van der Waals surface area contributed by atoms with Crippen LogP contribution in [0.3, 0.4) is 0 Å². The van der Waals surface area contributed by atoms with Gasteiger partial charge in [-0.1, -0.05) is 49.2 Å². The molecule has 166 valence electrons. The largest absolute Gasteiger partial charge is 0.369 e. The number of piperazine rings is 1. The maximum Gasteiger partial charge on any atom is 0.0367 e. The number of nitrogens with one attached hydrogen (secondary N) is 1. The van der Waals surface area contributed by atoms with Crippen molar-refractivity contribution in [2.24, 2.45) is 11.8 Å². The summed E-state index contributed by atoms with van der Waals surface area (Å²) in [7, 11) is 0. The molecule has 0 bridgehead atoms. The van der Waals surface area contributed by atoms with Gasteiger partial charge in [0.2, 0.25) is 0 Å². The summed E-state index contributed by atoms with van der Waals surface area (Å²) in [5, 5.41) is 4.04. The fourth-order valence-electron chi connectivity index (χ4n) is 5.87. The van der Waals surface area contributed by atoms with E-state index in [-0.39, 0.29) is 0 Å². The van der Waals surface area contributed by atoms with Crippen molar-refractivity contribution < 1.29 is 0 Å². The molecule has 3 atom stereocenters. The predicted molar refractivity (Wildman–Crippen MR) is 133 cm³/mol. The van der Waals surface area contributed by atoms with Gasteiger partial charge in [0.25, 0.3) is 0 Å². The Labute approximate surface area is 192 Å². The molecule has 1 saturated heterocycles. The van der Waals surface area contributed by atoms with E-state index in [0.29, 0.717) is 6.04 Å². The van der Waals surface area contributed by atoms with Crippen molar-refractivity contribution in [1.29, 1.82) is 0 Å². The summed E-state index contributed by atoms with van der Waals surface area (Å²) in [5.41, 5.74) is 2.94. The fourth-order valence-corrected chi connectivity index (χ4v) is 7.21. The third-order valence-electron chi connectivity index (χ3n) is 7.61. The van der Waals surface area contributed by atoms with Crippen LogP contribution in [-0.2, 0) is 0 Å². The maximum absolute atomic E-state index is 4.04. The van der Waals surface area contributed by atoms with Gasteiger partial charge in [-0.3, -0.25) is 4.90 Å². The lowest BCUT2D eigenvalue weighted by molar-refractivity contribution is 0.195. The molecule has 2 aliphatic heterocycles. The molecular weight excluding hydrogens is 398 g/mol. The van der Waals surface area contributed by atoms with E-state index in [1.54, 1.807) is 5.56 Å². The van der Waals surface area contributed by atoms with E-state index in [1.165, 1.54) is 68.1 Å². The highest BCUT2D eigenvalue weighted by Gasteiger charge is 2.35. The molecule has 1 N–H and O–H groups in total. The third-order valence-corrected chi connectivity index (χ3v) is 8.89. The Balaban J connectivity index is 1.13. The smallest absolute Gasteiger partial charge is 0.0367 e. The van der Waals surface area contributed by atoms with Crippen molar-refractivity contribution in [2.75, 3.05) is 49.9 Å². The summed E-state index contributed by atoms with van der Waals surface area (Å²) in [6.07, 6.45) is 6.92. The van der Waals surface area contributed by atoms with Crippen molar-refractivity contribution >= 4 is 17.4 Å². The Kier molecular flexibility index (Phi) is 7.18. The molecule has 1 aliphatic carbocycles. The van der Waals surface area contributed by atoms with Crippen LogP contribution in [0, 0.1) is 11.8 Å². The van der Waals surface area contributed by atoms with E-state index in [9.17, 15) is 0 Å². The quantitative estimate of drug-likeness (QED) is 0.609. The summed E-state index contributed by atoms with van der Waals surface area (Å²) in [6.45, 7) is 7.01. The Morgan fingerprint density at radius 3 is 2.52 bits per heavy atom. The summed E-state index contributed by atoms with van der Waals surface area (Å²) >= 11 is 2.11. The van der Waals surface area contributed by atoms with Gasteiger partial charge in [0, 0.05) is 48.6 Å². The standard InChI is InChI=1S/C27H37N3S/c1-2-10-23(11-3-1)30-19-17-29(18-20-30)16-8-15-28-27-24-12-5-4-9-22(24)21-31-26-14-7-6-13-25(26)27/h1-3,6-7,10-11,13-14,22,24,27-28H,4-5,8-9,12,15-21H2/t22-,24+,27+/m0/s1. The van der Waals surface area contributed by atoms with E-state index in [1.807, 2.05) is 0 Å². The highest BCUT2D eigenvalue weighted by molar-refractivity contribution is 7.99. The SMILES string of the molecule is c1ccc(N2CCN(CCCN[C@H]3c4ccccc4SC[C@@H]4CCCC[C@H]43)CC2)cc1. The number of fused-ring (bicyclic) bond motifs is 2. The summed E-state index contributed by atoms with van der Waals surface area (Å²) in [5.74, 6) is 3.01. The number of thioether (sulfide) groups is 1. The predicted octanol–water partition coefficient (Wildman–Crippen LogP) is 5.44. The van der Waals surface area contributed by atoms with Gasteiger partial charge >= 0.3 is 0 Å². The van der Waals surface area contributed by atoms with Crippen LogP contribution in [0.1, 0.15) is 43.7 Å². The number of nitrogens with zero attached hydrogens (tertiary/aromatic N) is 2. The van der Waals surface area contributed by atoms with Crippen molar-refractivity contribution in [1.82, 2.24) is 10.2 Å². The molecule has 0 radical (unpaired) electrons. The van der Waals surface area contributed by atoms with Gasteiger partial charge in [-0.05, 0) is 68.0 Å². The van der Waals surface area contributed by atoms with Crippen molar-refractivity contribution in [2.45, 2.75) is 43.0 Å². The van der Waals surface area contributed by atoms with Gasteiger partial charge in [0.05, 0.1) is 0 Å². The molecule has 0 spiro atoms. The second-order valence-corrected chi connectivity index (χ2v) is 10.6. The van der Waals surface area contributed by atoms with Crippen LogP contribution in [0.2, 0.25) is 0 Å². The molecule has 2 aromatic rings. The molecule has 2 aromatic carbocycles. The first-order valence-electron chi connectivity index (χ1n) is 12.4. The zero-order chi connectivity index (χ0) is 20.9. The Bertz CT molecular complexity index is 818. The Morgan fingerprint density at radius 1 is 0.871 bits per heavy atom. The molecule has 3 aliphatic rings. The Hall–Kier alpha value is -1.49. The minimum atomic E-state index is 0.548. The zero-order valence-electron chi connectivity index (χ0n) is 18.7. The van der Waals surface area contributed by atoms with Gasteiger partial charge in [0.1, 0.15) is 0 Å². The second kappa shape index (κ2) is 10.4. The normalized spacial score (nSPS) is 26.7. The molecule has 2 heterocycles. The lowest BCUT2D eigenvalue weighted by atomic mass is 9.74. The van der Waals surface area contributed by atoms with Crippen molar-refractivity contribution in [3.8, 4) is 0 Å². The zero-order valence-corrected chi connectivity index (χ0v) is 19.5. The van der Waals surface area contributed by atoms with Crippen molar-refractivity contribution in [3.05, 3.63) is 60.2 Å². The minimum Gasteiger partial charge on any atom is -0.369 e. The first-order chi connectivity index (χ1) is 15.4. The van der Waals surface area contributed by atoms with Crippen LogP contribution >= 0.6 is 11.8 Å². The molecule has 4 heteroatoms. The van der Waals surface area contributed by atoms with Gasteiger partial charge in [-0.25, -0.2) is 0 Å². The van der Waals surface area contributed by atoms with E-state index in [2.05, 4.69) is 81.5 Å². The average molecular weight is 436 g/mol. The first kappa shape index (κ1) is 21.4. The molecule has 0 aromatic heterocycles. The number of hydrogen-bond donors (Lipinski definition) is 1. The lowest BCUT2D eigenvalue weighted by Crippen LogP contribution is -2.47. The van der Waals surface area contributed by atoms with Gasteiger partial charge in [0.15, 0.2) is 0 Å². The molecule has 0 amide bonds. The van der Waals surface area contributed by atoms with Crippen LogP contribution in [0.5, 0.6) is 0 Å². The van der Waals surface area contributed by atoms with Crippen LogP contribution in [0.25, 0.3) is 0 Å². The number of para-hydroxylation sites is 1. The van der Waals surface area contributed by atoms with E-state index < -0.39 is 0 Å². The van der Waals surface area contributed by atoms with Gasteiger partial charge < -0.3 is 10.2 Å². The lowest BCUT2D eigenvalue weighted by Gasteiger charge is -2.37. The number of hydrogen-bond acceptors (Lipinski definition) is 4. The van der Waals surface area contributed by atoms with Crippen molar-refractivity contribution in [3.63, 3.8) is 0 Å². The molecule has 31 heavy (non-hydrogen) atoms.